The molecule has 0 fully saturated rings. The molecule has 2 N–H and O–H groups in total. The molecule has 0 aliphatic rings. The molecule has 0 bridgehead atoms. The van der Waals surface area contributed by atoms with E-state index >= 15 is 0 Å². The summed E-state index contributed by atoms with van der Waals surface area (Å²) in [5.74, 6) is 1.25. The lowest BCUT2D eigenvalue weighted by Gasteiger charge is -2.15. The van der Waals surface area contributed by atoms with Gasteiger partial charge in [-0.15, -0.1) is 11.8 Å². The average Bonchev–Trinajstić information content (AvgIpc) is 2.54. The predicted octanol–water partition coefficient (Wildman–Crippen LogP) is 4.56. The van der Waals surface area contributed by atoms with Crippen molar-refractivity contribution in [1.82, 2.24) is 5.32 Å². The molecule has 24 heavy (non-hydrogen) atoms. The summed E-state index contributed by atoms with van der Waals surface area (Å²) < 4.78 is 0. The van der Waals surface area contributed by atoms with Gasteiger partial charge in [0, 0.05) is 4.90 Å². The van der Waals surface area contributed by atoms with E-state index in [1.165, 1.54) is 17.3 Å². The number of hydrogen-bond donors (Lipinski definition) is 2. The molecule has 2 aromatic carbocycles. The van der Waals surface area contributed by atoms with E-state index in [4.69, 9.17) is 0 Å². The lowest BCUT2D eigenvalue weighted by molar-refractivity contribution is -0.119. The van der Waals surface area contributed by atoms with E-state index in [-0.39, 0.29) is 17.7 Å². The third kappa shape index (κ3) is 5.93. The fourth-order valence-electron chi connectivity index (χ4n) is 2.47. The molecule has 1 unspecified atom stereocenters. The number of aromatic hydroxyl groups is 1. The second-order valence-electron chi connectivity index (χ2n) is 6.41. The first-order valence-corrected chi connectivity index (χ1v) is 9.22. The van der Waals surface area contributed by atoms with Gasteiger partial charge in [0.05, 0.1) is 11.8 Å². The topological polar surface area (TPSA) is 49.3 Å². The van der Waals surface area contributed by atoms with Crippen LogP contribution in [-0.2, 0) is 11.2 Å². The highest BCUT2D eigenvalue weighted by Gasteiger charge is 2.10. The monoisotopic (exact) mass is 343 g/mol. The second-order valence-corrected chi connectivity index (χ2v) is 7.46. The van der Waals surface area contributed by atoms with Gasteiger partial charge >= 0.3 is 0 Å². The molecule has 0 saturated heterocycles. The summed E-state index contributed by atoms with van der Waals surface area (Å²) in [5, 5.41) is 12.3. The molecular weight excluding hydrogens is 318 g/mol. The zero-order valence-corrected chi connectivity index (χ0v) is 15.3. The van der Waals surface area contributed by atoms with Gasteiger partial charge in [0.1, 0.15) is 5.75 Å². The molecule has 0 aromatic heterocycles. The summed E-state index contributed by atoms with van der Waals surface area (Å²) in [6.45, 7) is 6.42. The molecule has 4 heteroatoms. The number of amides is 1. The van der Waals surface area contributed by atoms with Gasteiger partial charge in [-0.2, -0.15) is 0 Å². The molecular formula is C20H25NO2S. The van der Waals surface area contributed by atoms with Crippen LogP contribution in [0.25, 0.3) is 0 Å². The van der Waals surface area contributed by atoms with Crippen molar-refractivity contribution in [2.75, 3.05) is 5.75 Å². The van der Waals surface area contributed by atoms with Gasteiger partial charge in [-0.3, -0.25) is 4.79 Å². The standard InChI is InChI=1S/C20H25NO2S/c1-14(2)12-16-4-6-17(7-5-16)15(3)21-20(23)13-24-19-10-8-18(22)9-11-19/h4-11,14-15,22H,12-13H2,1-3H3,(H,21,23). The molecule has 3 nitrogen and oxygen atoms in total. The van der Waals surface area contributed by atoms with Crippen LogP contribution >= 0.6 is 11.8 Å². The minimum absolute atomic E-state index is 0.00633. The van der Waals surface area contributed by atoms with Crippen LogP contribution in [0.2, 0.25) is 0 Å². The van der Waals surface area contributed by atoms with Gasteiger partial charge in [-0.05, 0) is 54.7 Å². The van der Waals surface area contributed by atoms with E-state index in [9.17, 15) is 9.90 Å². The molecule has 0 radical (unpaired) electrons. The quantitative estimate of drug-likeness (QED) is 0.725. The van der Waals surface area contributed by atoms with Gasteiger partial charge < -0.3 is 10.4 Å². The van der Waals surface area contributed by atoms with Crippen molar-refractivity contribution in [2.45, 2.75) is 38.1 Å². The summed E-state index contributed by atoms with van der Waals surface area (Å²) in [4.78, 5) is 13.1. The molecule has 0 spiro atoms. The van der Waals surface area contributed by atoms with E-state index < -0.39 is 0 Å². The Morgan fingerprint density at radius 2 is 1.67 bits per heavy atom. The summed E-state index contributed by atoms with van der Waals surface area (Å²) in [6, 6.07) is 15.3. The number of thioether (sulfide) groups is 1. The molecule has 0 saturated carbocycles. The summed E-state index contributed by atoms with van der Waals surface area (Å²) >= 11 is 1.46. The lowest BCUT2D eigenvalue weighted by Crippen LogP contribution is -2.28. The highest BCUT2D eigenvalue weighted by molar-refractivity contribution is 8.00. The van der Waals surface area contributed by atoms with E-state index in [0.717, 1.165) is 16.9 Å². The Labute approximate surface area is 148 Å². The van der Waals surface area contributed by atoms with Crippen molar-refractivity contribution in [3.63, 3.8) is 0 Å². The summed E-state index contributed by atoms with van der Waals surface area (Å²) in [7, 11) is 0. The Morgan fingerprint density at radius 1 is 1.04 bits per heavy atom. The van der Waals surface area contributed by atoms with Crippen LogP contribution < -0.4 is 5.32 Å². The minimum Gasteiger partial charge on any atom is -0.508 e. The number of hydrogen-bond acceptors (Lipinski definition) is 3. The molecule has 0 heterocycles. The lowest BCUT2D eigenvalue weighted by atomic mass is 10.00. The number of rotatable bonds is 7. The number of carbonyl (C=O) groups is 1. The number of benzene rings is 2. The van der Waals surface area contributed by atoms with Gasteiger partial charge in [-0.1, -0.05) is 38.1 Å². The first-order valence-electron chi connectivity index (χ1n) is 8.24. The zero-order valence-electron chi connectivity index (χ0n) is 14.5. The van der Waals surface area contributed by atoms with Crippen LogP contribution in [0.3, 0.4) is 0 Å². The van der Waals surface area contributed by atoms with Crippen LogP contribution in [0.4, 0.5) is 0 Å². The van der Waals surface area contributed by atoms with Crippen molar-refractivity contribution in [3.8, 4) is 5.75 Å². The van der Waals surface area contributed by atoms with E-state index in [2.05, 4.69) is 43.4 Å². The highest BCUT2D eigenvalue weighted by atomic mass is 32.2. The molecule has 2 rings (SSSR count). The molecule has 0 aliphatic carbocycles. The predicted molar refractivity (Wildman–Crippen MR) is 100 cm³/mol. The van der Waals surface area contributed by atoms with Crippen molar-refractivity contribution in [3.05, 3.63) is 59.7 Å². The third-order valence-corrected chi connectivity index (χ3v) is 4.72. The molecule has 1 amide bonds. The van der Waals surface area contributed by atoms with Crippen molar-refractivity contribution >= 4 is 17.7 Å². The second kappa shape index (κ2) is 8.78. The highest BCUT2D eigenvalue weighted by Crippen LogP contribution is 2.21. The number of carbonyl (C=O) groups excluding carboxylic acids is 1. The van der Waals surface area contributed by atoms with Crippen molar-refractivity contribution < 1.29 is 9.90 Å². The maximum absolute atomic E-state index is 12.1. The Kier molecular flexibility index (Phi) is 6.73. The maximum Gasteiger partial charge on any atom is 0.230 e. The molecule has 128 valence electrons. The van der Waals surface area contributed by atoms with Gasteiger partial charge in [-0.25, -0.2) is 0 Å². The molecule has 0 aliphatic heterocycles. The van der Waals surface area contributed by atoms with Gasteiger partial charge in [0.15, 0.2) is 0 Å². The van der Waals surface area contributed by atoms with Gasteiger partial charge in [0.25, 0.3) is 0 Å². The Bertz CT molecular complexity index is 650. The molecule has 2 aromatic rings. The Hall–Kier alpha value is -1.94. The smallest absolute Gasteiger partial charge is 0.230 e. The SMILES string of the molecule is CC(C)Cc1ccc(C(C)NC(=O)CSc2ccc(O)cc2)cc1. The number of phenolic OH excluding ortho intramolecular Hbond substituents is 1. The first kappa shape index (κ1) is 18.4. The van der Waals surface area contributed by atoms with Crippen LogP contribution in [-0.4, -0.2) is 16.8 Å². The Morgan fingerprint density at radius 3 is 2.25 bits per heavy atom. The third-order valence-electron chi connectivity index (χ3n) is 3.71. The maximum atomic E-state index is 12.1. The van der Waals surface area contributed by atoms with Crippen LogP contribution in [0, 0.1) is 5.92 Å². The molecule has 1 atom stereocenters. The minimum atomic E-state index is -0.00832. The summed E-state index contributed by atoms with van der Waals surface area (Å²) in [6.07, 6.45) is 1.07. The first-order chi connectivity index (χ1) is 11.4. The largest absolute Gasteiger partial charge is 0.508 e. The number of nitrogens with one attached hydrogen (secondary N) is 1. The van der Waals surface area contributed by atoms with Crippen LogP contribution in [0.15, 0.2) is 53.4 Å². The van der Waals surface area contributed by atoms with E-state index in [0.29, 0.717) is 11.7 Å². The zero-order chi connectivity index (χ0) is 17.5. The van der Waals surface area contributed by atoms with E-state index in [1.807, 2.05) is 19.1 Å². The van der Waals surface area contributed by atoms with Gasteiger partial charge in [0.2, 0.25) is 5.91 Å². The van der Waals surface area contributed by atoms with Crippen LogP contribution in [0.1, 0.15) is 37.9 Å². The fraction of sp³-hybridized carbons (Fsp3) is 0.350. The number of phenols is 1. The fourth-order valence-corrected chi connectivity index (χ4v) is 3.18. The average molecular weight is 343 g/mol. The normalized spacial score (nSPS) is 12.2. The van der Waals surface area contributed by atoms with E-state index in [1.54, 1.807) is 12.1 Å². The van der Waals surface area contributed by atoms with Crippen molar-refractivity contribution in [1.29, 1.82) is 0 Å². The summed E-state index contributed by atoms with van der Waals surface area (Å²) in [5.41, 5.74) is 2.45. The van der Waals surface area contributed by atoms with Crippen molar-refractivity contribution in [2.24, 2.45) is 5.92 Å². The van der Waals surface area contributed by atoms with Crippen LogP contribution in [0.5, 0.6) is 5.75 Å². The Balaban J connectivity index is 1.83.